The summed E-state index contributed by atoms with van der Waals surface area (Å²) in [5, 5.41) is 10.4. The number of benzene rings is 2. The third kappa shape index (κ3) is 7.72. The van der Waals surface area contributed by atoms with Crippen molar-refractivity contribution in [3.05, 3.63) is 58.6 Å². The van der Waals surface area contributed by atoms with Crippen LogP contribution in [0.25, 0.3) is 0 Å². The van der Waals surface area contributed by atoms with E-state index in [1.54, 1.807) is 18.2 Å². The second-order valence-electron chi connectivity index (χ2n) is 4.09. The SMILES string of the molecule is Nc1ccc(O)c(Cc2ccc(Cl)cc2)c1.[O-][Cl+3]([O-])([O-])O. The lowest BCUT2D eigenvalue weighted by Crippen LogP contribution is -2.58. The molecule has 0 fully saturated rings. The molecule has 0 aliphatic rings. The van der Waals surface area contributed by atoms with Crippen molar-refractivity contribution in [2.45, 2.75) is 6.42 Å². The predicted octanol–water partition coefficient (Wildman–Crippen LogP) is -0.905. The van der Waals surface area contributed by atoms with E-state index >= 15 is 0 Å². The molecule has 0 aromatic heterocycles. The summed E-state index contributed by atoms with van der Waals surface area (Å²) in [7, 11) is -4.69. The Labute approximate surface area is 128 Å². The van der Waals surface area contributed by atoms with Gasteiger partial charge in [-0.2, -0.15) is 14.0 Å². The predicted molar refractivity (Wildman–Crippen MR) is 69.0 cm³/mol. The molecule has 0 atom stereocenters. The average molecular weight is 334 g/mol. The first-order valence-electron chi connectivity index (χ1n) is 5.60. The average Bonchev–Trinajstić information content (AvgIpc) is 2.35. The molecule has 0 saturated carbocycles. The van der Waals surface area contributed by atoms with Crippen molar-refractivity contribution in [3.8, 4) is 5.75 Å². The van der Waals surface area contributed by atoms with Crippen LogP contribution in [0.1, 0.15) is 11.1 Å². The molecule has 0 bridgehead atoms. The number of halogens is 2. The third-order valence-electron chi connectivity index (χ3n) is 2.41. The van der Waals surface area contributed by atoms with Gasteiger partial charge >= 0.3 is 0 Å². The van der Waals surface area contributed by atoms with Gasteiger partial charge in [0.2, 0.25) is 0 Å². The van der Waals surface area contributed by atoms with Crippen LogP contribution < -0.4 is 19.7 Å². The van der Waals surface area contributed by atoms with Crippen molar-refractivity contribution >= 4 is 17.3 Å². The van der Waals surface area contributed by atoms with Crippen LogP contribution in [0.2, 0.25) is 5.02 Å². The quantitative estimate of drug-likeness (QED) is 0.481. The Morgan fingerprint density at radius 2 is 1.57 bits per heavy atom. The zero-order valence-electron chi connectivity index (χ0n) is 10.7. The fraction of sp³-hybridized carbons (Fsp3) is 0.0769. The molecule has 6 nitrogen and oxygen atoms in total. The fourth-order valence-electron chi connectivity index (χ4n) is 1.57. The van der Waals surface area contributed by atoms with Gasteiger partial charge in [-0.3, -0.25) is 0 Å². The highest BCUT2D eigenvalue weighted by atomic mass is 35.7. The summed E-state index contributed by atoms with van der Waals surface area (Å²) in [6.45, 7) is 0. The first kappa shape index (κ1) is 17.5. The van der Waals surface area contributed by atoms with Crippen molar-refractivity contribution in [1.29, 1.82) is 0 Å². The molecule has 2 aromatic rings. The minimum Gasteiger partial charge on any atom is -0.508 e. The summed E-state index contributed by atoms with van der Waals surface area (Å²) < 4.78 is 32.7. The van der Waals surface area contributed by atoms with E-state index in [2.05, 4.69) is 0 Å². The van der Waals surface area contributed by atoms with Gasteiger partial charge in [0, 0.05) is 22.7 Å². The number of hydrogen-bond acceptors (Lipinski definition) is 6. The fourth-order valence-corrected chi connectivity index (χ4v) is 1.70. The summed E-state index contributed by atoms with van der Waals surface area (Å²) in [4.78, 5) is 0. The smallest absolute Gasteiger partial charge is 0.119 e. The highest BCUT2D eigenvalue weighted by Gasteiger charge is 2.03. The molecule has 0 amide bonds. The van der Waals surface area contributed by atoms with Crippen molar-refractivity contribution in [1.82, 2.24) is 0 Å². The van der Waals surface area contributed by atoms with E-state index in [1.165, 1.54) is 0 Å². The Balaban J connectivity index is 0.000000383. The van der Waals surface area contributed by atoms with Crippen LogP contribution in [0.3, 0.4) is 0 Å². The third-order valence-corrected chi connectivity index (χ3v) is 2.66. The molecule has 0 aliphatic carbocycles. The lowest BCUT2D eigenvalue weighted by Gasteiger charge is -2.06. The molecule has 0 heterocycles. The lowest BCUT2D eigenvalue weighted by molar-refractivity contribution is -1.92. The molecule has 2 rings (SSSR count). The van der Waals surface area contributed by atoms with Gasteiger partial charge in [0.15, 0.2) is 0 Å². The van der Waals surface area contributed by atoms with Crippen molar-refractivity contribution in [3.63, 3.8) is 0 Å². The number of phenolic OH excluding ortho intramolecular Hbond substituents is 1. The van der Waals surface area contributed by atoms with Gasteiger partial charge in [-0.15, -0.1) is 0 Å². The van der Waals surface area contributed by atoms with Gasteiger partial charge in [-0.05, 0) is 35.9 Å². The monoisotopic (exact) mass is 333 g/mol. The van der Waals surface area contributed by atoms with Crippen LogP contribution in [0, 0.1) is 10.2 Å². The van der Waals surface area contributed by atoms with Gasteiger partial charge in [-0.1, -0.05) is 23.7 Å². The van der Waals surface area contributed by atoms with E-state index in [9.17, 15) is 5.11 Å². The van der Waals surface area contributed by atoms with Crippen molar-refractivity contribution < 1.29 is 34.0 Å². The van der Waals surface area contributed by atoms with Crippen LogP contribution in [-0.2, 0) is 6.42 Å². The van der Waals surface area contributed by atoms with Crippen molar-refractivity contribution in [2.75, 3.05) is 5.73 Å². The highest BCUT2D eigenvalue weighted by molar-refractivity contribution is 6.30. The standard InChI is InChI=1S/C13H12ClNO.ClHO4/c14-11-3-1-9(2-4-11)7-10-8-12(15)5-6-13(10)16;2-1(3,4)5/h1-6,8,16H,7,15H2;(H,2,3,4,5). The zero-order chi connectivity index (χ0) is 16.0. The van der Waals surface area contributed by atoms with Crippen molar-refractivity contribution in [2.24, 2.45) is 0 Å². The molecule has 21 heavy (non-hydrogen) atoms. The summed E-state index contributed by atoms with van der Waals surface area (Å²) in [5.74, 6) is 0.268. The van der Waals surface area contributed by atoms with Gasteiger partial charge in [0.05, 0.1) is 14.9 Å². The Hall–Kier alpha value is -1.54. The molecule has 0 radical (unpaired) electrons. The Bertz CT molecular complexity index is 578. The van der Waals surface area contributed by atoms with Crippen LogP contribution in [0.5, 0.6) is 5.75 Å². The van der Waals surface area contributed by atoms with Gasteiger partial charge in [-0.25, -0.2) is 0 Å². The van der Waals surface area contributed by atoms with Crippen LogP contribution in [0.15, 0.2) is 42.5 Å². The number of phenols is 1. The molecular formula is C13H13Cl2NO5. The first-order chi connectivity index (χ1) is 9.65. The zero-order valence-corrected chi connectivity index (χ0v) is 12.2. The van der Waals surface area contributed by atoms with Crippen LogP contribution in [-0.4, -0.2) is 9.77 Å². The molecule has 8 heteroatoms. The largest absolute Gasteiger partial charge is 0.508 e. The molecule has 4 N–H and O–H groups in total. The van der Waals surface area contributed by atoms with E-state index in [0.29, 0.717) is 17.1 Å². The molecule has 114 valence electrons. The molecular weight excluding hydrogens is 321 g/mol. The minimum atomic E-state index is -4.69. The number of nitrogens with two attached hydrogens (primary N) is 1. The van der Waals surface area contributed by atoms with Gasteiger partial charge < -0.3 is 10.8 Å². The maximum Gasteiger partial charge on any atom is 0.119 e. The lowest BCUT2D eigenvalue weighted by atomic mass is 10.0. The van der Waals surface area contributed by atoms with Crippen LogP contribution in [0.4, 0.5) is 5.69 Å². The Kier molecular flexibility index (Phi) is 6.22. The van der Waals surface area contributed by atoms with E-state index < -0.39 is 10.2 Å². The number of nitrogen functional groups attached to an aromatic ring is 1. The highest BCUT2D eigenvalue weighted by Crippen LogP contribution is 2.23. The first-order valence-corrected chi connectivity index (χ1v) is 7.24. The Morgan fingerprint density at radius 1 is 1.05 bits per heavy atom. The summed E-state index contributed by atoms with van der Waals surface area (Å²) in [5.41, 5.74) is 8.24. The normalized spacial score (nSPS) is 10.7. The maximum atomic E-state index is 9.67. The van der Waals surface area contributed by atoms with Gasteiger partial charge in [0.25, 0.3) is 0 Å². The van der Waals surface area contributed by atoms with E-state index in [1.807, 2.05) is 24.3 Å². The second kappa shape index (κ2) is 7.46. The van der Waals surface area contributed by atoms with E-state index in [4.69, 9.17) is 36.0 Å². The van der Waals surface area contributed by atoms with E-state index in [0.717, 1.165) is 11.1 Å². The number of anilines is 1. The van der Waals surface area contributed by atoms with Crippen LogP contribution >= 0.6 is 11.6 Å². The summed E-state index contributed by atoms with van der Waals surface area (Å²) >= 11 is 5.80. The molecule has 2 aromatic carbocycles. The maximum absolute atomic E-state index is 9.67. The molecule has 0 aliphatic heterocycles. The molecule has 0 spiro atoms. The Morgan fingerprint density at radius 3 is 2.10 bits per heavy atom. The number of hydrogen-bond donors (Lipinski definition) is 3. The number of aromatic hydroxyl groups is 1. The number of rotatable bonds is 2. The summed E-state index contributed by atoms with van der Waals surface area (Å²) in [6, 6.07) is 12.6. The minimum absolute atomic E-state index is 0.268. The summed E-state index contributed by atoms with van der Waals surface area (Å²) in [6.07, 6.45) is 0.647. The van der Waals surface area contributed by atoms with E-state index in [-0.39, 0.29) is 5.75 Å². The molecule has 0 saturated heterocycles. The second-order valence-corrected chi connectivity index (χ2v) is 5.32. The van der Waals surface area contributed by atoms with Gasteiger partial charge in [0.1, 0.15) is 5.75 Å². The topological polar surface area (TPSA) is 136 Å². The molecule has 0 unspecified atom stereocenters.